The quantitative estimate of drug-likeness (QED) is 0.282. The molecule has 4 aromatic rings. The molecule has 0 N–H and O–H groups in total. The second kappa shape index (κ2) is 7.26. The molecule has 27 heavy (non-hydrogen) atoms. The number of hydrogen-bond donors (Lipinski definition) is 0. The fraction of sp³-hybridized carbons (Fsp3) is 0. The Bertz CT molecular complexity index is 1200. The largest absolute Gasteiger partial charge is 0.422 e. The summed E-state index contributed by atoms with van der Waals surface area (Å²) in [5.74, 6) is -0.0871. The van der Waals surface area contributed by atoms with E-state index in [0.717, 1.165) is 16.5 Å². The van der Waals surface area contributed by atoms with Crippen LogP contribution in [0.5, 0.6) is 0 Å². The van der Waals surface area contributed by atoms with Crippen LogP contribution in [0, 0.1) is 0 Å². The first-order valence-corrected chi connectivity index (χ1v) is 8.62. The van der Waals surface area contributed by atoms with Crippen LogP contribution in [0.25, 0.3) is 28.2 Å². The molecule has 0 saturated carbocycles. The summed E-state index contributed by atoms with van der Waals surface area (Å²) in [6, 6.07) is 25.8. The highest BCUT2D eigenvalue weighted by molar-refractivity contribution is 6.07. The van der Waals surface area contributed by atoms with Crippen LogP contribution in [0.3, 0.4) is 0 Å². The lowest BCUT2D eigenvalue weighted by atomic mass is 9.99. The molecule has 1 aromatic heterocycles. The van der Waals surface area contributed by atoms with Gasteiger partial charge in [-0.1, -0.05) is 78.9 Å². The van der Waals surface area contributed by atoms with Crippen LogP contribution >= 0.6 is 0 Å². The third-order valence-corrected chi connectivity index (χ3v) is 4.36. The average molecular weight is 352 g/mol. The minimum absolute atomic E-state index is 0.0871. The lowest BCUT2D eigenvalue weighted by Crippen LogP contribution is -2.03. The van der Waals surface area contributed by atoms with E-state index in [-0.39, 0.29) is 5.78 Å². The summed E-state index contributed by atoms with van der Waals surface area (Å²) in [7, 11) is 0. The number of rotatable bonds is 4. The Morgan fingerprint density at radius 2 is 1.48 bits per heavy atom. The standard InChI is InChI=1S/C24H16O3/c25-22(18-9-2-1-3-10-18)15-14-17-8-4-6-12-20(17)21-16-19-11-5-7-13-23(19)27-24(21)26/h1-16H. The summed E-state index contributed by atoms with van der Waals surface area (Å²) in [6.45, 7) is 0. The SMILES string of the molecule is O=C(C=Cc1ccccc1-c1cc2ccccc2oc1=O)c1ccccc1. The van der Waals surface area contributed by atoms with E-state index < -0.39 is 5.63 Å². The van der Waals surface area contributed by atoms with E-state index in [4.69, 9.17) is 4.42 Å². The number of hydrogen-bond acceptors (Lipinski definition) is 3. The van der Waals surface area contributed by atoms with Crippen molar-refractivity contribution in [1.29, 1.82) is 0 Å². The Kier molecular flexibility index (Phi) is 4.50. The Morgan fingerprint density at radius 1 is 0.778 bits per heavy atom. The van der Waals surface area contributed by atoms with Crippen LogP contribution < -0.4 is 5.63 Å². The molecule has 0 spiro atoms. The van der Waals surface area contributed by atoms with Gasteiger partial charge in [0.1, 0.15) is 5.58 Å². The number of carbonyl (C=O) groups is 1. The molecule has 130 valence electrons. The van der Waals surface area contributed by atoms with Crippen molar-refractivity contribution < 1.29 is 9.21 Å². The molecule has 1 heterocycles. The van der Waals surface area contributed by atoms with Crippen LogP contribution in [0.4, 0.5) is 0 Å². The van der Waals surface area contributed by atoms with Gasteiger partial charge in [0.15, 0.2) is 5.78 Å². The van der Waals surface area contributed by atoms with Gasteiger partial charge < -0.3 is 4.42 Å². The fourth-order valence-electron chi connectivity index (χ4n) is 3.00. The fourth-order valence-corrected chi connectivity index (χ4v) is 3.00. The number of carbonyl (C=O) groups excluding carboxylic acids is 1. The zero-order valence-electron chi connectivity index (χ0n) is 14.5. The maximum atomic E-state index is 12.5. The number of benzene rings is 3. The maximum absolute atomic E-state index is 12.5. The molecule has 3 heteroatoms. The lowest BCUT2D eigenvalue weighted by Gasteiger charge is -2.06. The first-order chi connectivity index (χ1) is 13.2. The zero-order valence-corrected chi connectivity index (χ0v) is 14.5. The third kappa shape index (κ3) is 3.48. The summed E-state index contributed by atoms with van der Waals surface area (Å²) in [4.78, 5) is 24.8. The Hall–Kier alpha value is -3.72. The molecule has 0 aliphatic rings. The van der Waals surface area contributed by atoms with E-state index in [9.17, 15) is 9.59 Å². The van der Waals surface area contributed by atoms with Gasteiger partial charge >= 0.3 is 5.63 Å². The van der Waals surface area contributed by atoms with Gasteiger partial charge in [-0.2, -0.15) is 0 Å². The van der Waals surface area contributed by atoms with Crippen molar-refractivity contribution in [3.63, 3.8) is 0 Å². The summed E-state index contributed by atoms with van der Waals surface area (Å²) >= 11 is 0. The molecule has 3 aromatic carbocycles. The molecule has 0 atom stereocenters. The van der Waals surface area contributed by atoms with Gasteiger partial charge in [0, 0.05) is 10.9 Å². The lowest BCUT2D eigenvalue weighted by molar-refractivity contribution is 0.104. The molecular formula is C24H16O3. The van der Waals surface area contributed by atoms with Gasteiger partial charge in [0.2, 0.25) is 0 Å². The molecule has 0 unspecified atom stereocenters. The Morgan fingerprint density at radius 3 is 2.33 bits per heavy atom. The van der Waals surface area contributed by atoms with E-state index >= 15 is 0 Å². The summed E-state index contributed by atoms with van der Waals surface area (Å²) in [5.41, 5.74) is 2.76. The molecule has 0 saturated heterocycles. The van der Waals surface area contributed by atoms with Gasteiger partial charge in [0.25, 0.3) is 0 Å². The minimum Gasteiger partial charge on any atom is -0.422 e. The van der Waals surface area contributed by atoms with E-state index in [1.807, 2.05) is 66.7 Å². The number of para-hydroxylation sites is 1. The predicted molar refractivity (Wildman–Crippen MR) is 108 cm³/mol. The number of fused-ring (bicyclic) bond motifs is 1. The van der Waals surface area contributed by atoms with Gasteiger partial charge in [-0.05, 0) is 29.3 Å². The maximum Gasteiger partial charge on any atom is 0.344 e. The molecule has 0 aliphatic carbocycles. The first-order valence-electron chi connectivity index (χ1n) is 8.62. The molecule has 0 fully saturated rings. The number of ketones is 1. The average Bonchev–Trinajstić information content (AvgIpc) is 2.72. The zero-order chi connectivity index (χ0) is 18.6. The van der Waals surface area contributed by atoms with Crippen molar-refractivity contribution in [2.75, 3.05) is 0 Å². The van der Waals surface area contributed by atoms with Crippen LogP contribution in [-0.4, -0.2) is 5.78 Å². The van der Waals surface area contributed by atoms with E-state index in [0.29, 0.717) is 16.7 Å². The predicted octanol–water partition coefficient (Wildman–Crippen LogP) is 5.36. The van der Waals surface area contributed by atoms with Crippen LogP contribution in [0.2, 0.25) is 0 Å². The first kappa shape index (κ1) is 16.7. The van der Waals surface area contributed by atoms with Gasteiger partial charge in [0.05, 0.1) is 5.56 Å². The molecular weight excluding hydrogens is 336 g/mol. The van der Waals surface area contributed by atoms with E-state index in [2.05, 4.69) is 0 Å². The second-order valence-electron chi connectivity index (χ2n) is 6.14. The highest BCUT2D eigenvalue weighted by atomic mass is 16.4. The van der Waals surface area contributed by atoms with E-state index in [1.165, 1.54) is 6.08 Å². The van der Waals surface area contributed by atoms with Crippen LogP contribution in [0.15, 0.2) is 100 Å². The number of allylic oxidation sites excluding steroid dienone is 1. The smallest absolute Gasteiger partial charge is 0.344 e. The third-order valence-electron chi connectivity index (χ3n) is 4.36. The van der Waals surface area contributed by atoms with Crippen molar-refractivity contribution in [2.45, 2.75) is 0 Å². The summed E-state index contributed by atoms with van der Waals surface area (Å²) in [5, 5.41) is 0.853. The normalized spacial score (nSPS) is 11.1. The Balaban J connectivity index is 1.76. The monoisotopic (exact) mass is 352 g/mol. The highest BCUT2D eigenvalue weighted by Gasteiger charge is 2.10. The van der Waals surface area contributed by atoms with Gasteiger partial charge in [-0.15, -0.1) is 0 Å². The topological polar surface area (TPSA) is 47.3 Å². The molecule has 4 rings (SSSR count). The van der Waals surface area contributed by atoms with Crippen molar-refractivity contribution >= 4 is 22.8 Å². The molecule has 0 radical (unpaired) electrons. The van der Waals surface area contributed by atoms with Gasteiger partial charge in [-0.3, -0.25) is 4.79 Å². The van der Waals surface area contributed by atoms with E-state index in [1.54, 1.807) is 24.3 Å². The van der Waals surface area contributed by atoms with Crippen molar-refractivity contribution in [3.05, 3.63) is 113 Å². The molecule has 3 nitrogen and oxygen atoms in total. The van der Waals surface area contributed by atoms with Crippen LogP contribution in [-0.2, 0) is 0 Å². The van der Waals surface area contributed by atoms with Crippen molar-refractivity contribution in [1.82, 2.24) is 0 Å². The molecule has 0 aliphatic heterocycles. The van der Waals surface area contributed by atoms with Crippen molar-refractivity contribution in [3.8, 4) is 11.1 Å². The summed E-state index contributed by atoms with van der Waals surface area (Å²) < 4.78 is 5.45. The van der Waals surface area contributed by atoms with Gasteiger partial charge in [-0.25, -0.2) is 4.79 Å². The minimum atomic E-state index is -0.399. The second-order valence-corrected chi connectivity index (χ2v) is 6.14. The van der Waals surface area contributed by atoms with Crippen molar-refractivity contribution in [2.24, 2.45) is 0 Å². The summed E-state index contributed by atoms with van der Waals surface area (Å²) in [6.07, 6.45) is 3.26. The van der Waals surface area contributed by atoms with Crippen LogP contribution in [0.1, 0.15) is 15.9 Å². The highest BCUT2D eigenvalue weighted by Crippen LogP contribution is 2.25. The molecule has 0 bridgehead atoms. The Labute approximate surface area is 156 Å². The molecule has 0 amide bonds.